The van der Waals surface area contributed by atoms with Crippen LogP contribution in [0.25, 0.3) is 0 Å². The van der Waals surface area contributed by atoms with Gasteiger partial charge in [-0.2, -0.15) is 4.98 Å². The zero-order valence-corrected chi connectivity index (χ0v) is 16.1. The number of rotatable bonds is 5. The Hall–Kier alpha value is -2.83. The van der Waals surface area contributed by atoms with Crippen LogP contribution in [0.1, 0.15) is 31.3 Å². The fourth-order valence-electron chi connectivity index (χ4n) is 3.14. The van der Waals surface area contributed by atoms with Gasteiger partial charge in [0, 0.05) is 37.7 Å². The Kier molecular flexibility index (Phi) is 6.11. The van der Waals surface area contributed by atoms with Crippen molar-refractivity contribution in [2.24, 2.45) is 0 Å². The molecule has 1 fully saturated rings. The highest BCUT2D eigenvalue weighted by molar-refractivity contribution is 5.91. The van der Waals surface area contributed by atoms with Gasteiger partial charge in [0.25, 0.3) is 0 Å². The highest BCUT2D eigenvalue weighted by atomic mass is 16.5. The average Bonchev–Trinajstić information content (AvgIpc) is 2.63. The van der Waals surface area contributed by atoms with E-state index in [2.05, 4.69) is 15.3 Å². The largest absolute Gasteiger partial charge is 0.492 e. The van der Waals surface area contributed by atoms with Crippen LogP contribution in [0.3, 0.4) is 0 Å². The van der Waals surface area contributed by atoms with Crippen molar-refractivity contribution in [1.82, 2.24) is 14.9 Å². The number of carbonyl (C=O) groups excluding carboxylic acids is 1. The molecule has 1 saturated heterocycles. The van der Waals surface area contributed by atoms with Gasteiger partial charge in [-0.1, -0.05) is 12.1 Å². The smallest absolute Gasteiger partial charge is 0.321 e. The lowest BCUT2D eigenvalue weighted by Crippen LogP contribution is -2.43. The van der Waals surface area contributed by atoms with Gasteiger partial charge in [-0.25, -0.2) is 9.78 Å². The molecule has 2 amide bonds. The summed E-state index contributed by atoms with van der Waals surface area (Å²) in [5, 5.41) is 2.95. The van der Waals surface area contributed by atoms with Crippen molar-refractivity contribution in [3.63, 3.8) is 0 Å². The van der Waals surface area contributed by atoms with E-state index >= 15 is 0 Å². The van der Waals surface area contributed by atoms with Gasteiger partial charge in [0.2, 0.25) is 5.88 Å². The Bertz CT molecular complexity index is 768. The molecule has 1 aromatic heterocycles. The molecule has 0 bridgehead atoms. The average molecular weight is 370 g/mol. The first kappa shape index (κ1) is 18.9. The Morgan fingerprint density at radius 3 is 2.67 bits per heavy atom. The number of hydrogen-bond acceptors (Lipinski definition) is 5. The van der Waals surface area contributed by atoms with Crippen molar-refractivity contribution < 1.29 is 14.3 Å². The second-order valence-electron chi connectivity index (χ2n) is 6.56. The lowest BCUT2D eigenvalue weighted by molar-refractivity contribution is 0.111. The van der Waals surface area contributed by atoms with Crippen molar-refractivity contribution in [1.29, 1.82) is 0 Å². The summed E-state index contributed by atoms with van der Waals surface area (Å²) in [6.07, 6.45) is 1.59. The van der Waals surface area contributed by atoms with Gasteiger partial charge in [0.05, 0.1) is 12.3 Å². The number of ether oxygens (including phenoxy) is 2. The number of urea groups is 1. The van der Waals surface area contributed by atoms with Crippen LogP contribution < -0.4 is 14.8 Å². The van der Waals surface area contributed by atoms with Crippen LogP contribution in [0, 0.1) is 13.8 Å². The van der Waals surface area contributed by atoms with E-state index in [1.807, 2.05) is 51.1 Å². The molecule has 144 valence electrons. The number of para-hydroxylation sites is 2. The molecule has 27 heavy (non-hydrogen) atoms. The number of carbonyl (C=O) groups is 1. The molecule has 0 radical (unpaired) electrons. The van der Waals surface area contributed by atoms with E-state index in [1.165, 1.54) is 0 Å². The van der Waals surface area contributed by atoms with Gasteiger partial charge < -0.3 is 19.7 Å². The molecule has 0 unspecified atom stereocenters. The van der Waals surface area contributed by atoms with Gasteiger partial charge in [-0.15, -0.1) is 0 Å². The van der Waals surface area contributed by atoms with Crippen LogP contribution in [0.4, 0.5) is 10.5 Å². The van der Waals surface area contributed by atoms with Crippen molar-refractivity contribution in [3.8, 4) is 11.6 Å². The number of piperidine rings is 1. The Balaban J connectivity index is 1.53. The molecule has 0 spiro atoms. The highest BCUT2D eigenvalue weighted by Gasteiger charge is 2.25. The van der Waals surface area contributed by atoms with Crippen LogP contribution >= 0.6 is 0 Å². The molecule has 7 nitrogen and oxygen atoms in total. The first-order valence-corrected chi connectivity index (χ1v) is 9.32. The lowest BCUT2D eigenvalue weighted by Gasteiger charge is -2.32. The minimum absolute atomic E-state index is 0.0541. The summed E-state index contributed by atoms with van der Waals surface area (Å²) in [6, 6.07) is 9.19. The summed E-state index contributed by atoms with van der Waals surface area (Å²) in [6.45, 7) is 7.52. The highest BCUT2D eigenvalue weighted by Crippen LogP contribution is 2.25. The maximum absolute atomic E-state index is 12.6. The number of nitrogens with one attached hydrogen (secondary N) is 1. The summed E-state index contributed by atoms with van der Waals surface area (Å²) in [5.41, 5.74) is 1.58. The summed E-state index contributed by atoms with van der Waals surface area (Å²) in [7, 11) is 0. The first-order valence-electron chi connectivity index (χ1n) is 9.32. The predicted molar refractivity (Wildman–Crippen MR) is 103 cm³/mol. The van der Waals surface area contributed by atoms with Crippen molar-refractivity contribution >= 4 is 11.7 Å². The zero-order valence-electron chi connectivity index (χ0n) is 16.1. The Labute approximate surface area is 159 Å². The van der Waals surface area contributed by atoms with E-state index < -0.39 is 0 Å². The maximum atomic E-state index is 12.6. The van der Waals surface area contributed by atoms with Gasteiger partial charge >= 0.3 is 6.03 Å². The summed E-state index contributed by atoms with van der Waals surface area (Å²) in [4.78, 5) is 23.0. The molecule has 2 heterocycles. The third kappa shape index (κ3) is 5.09. The molecule has 1 aliphatic heterocycles. The summed E-state index contributed by atoms with van der Waals surface area (Å²) >= 11 is 0. The second kappa shape index (κ2) is 8.70. The zero-order chi connectivity index (χ0) is 19.2. The van der Waals surface area contributed by atoms with Crippen LogP contribution in [-0.2, 0) is 0 Å². The number of benzene rings is 1. The van der Waals surface area contributed by atoms with Gasteiger partial charge in [-0.3, -0.25) is 0 Å². The summed E-state index contributed by atoms with van der Waals surface area (Å²) in [5.74, 6) is 1.99. The third-order valence-electron chi connectivity index (χ3n) is 4.39. The number of anilines is 1. The molecule has 7 heteroatoms. The van der Waals surface area contributed by atoms with E-state index in [4.69, 9.17) is 9.47 Å². The number of nitrogens with zero attached hydrogens (tertiary/aromatic N) is 3. The molecule has 3 rings (SSSR count). The van der Waals surface area contributed by atoms with E-state index in [9.17, 15) is 4.79 Å². The maximum Gasteiger partial charge on any atom is 0.321 e. The Morgan fingerprint density at radius 2 is 1.96 bits per heavy atom. The van der Waals surface area contributed by atoms with Gasteiger partial charge in [0.1, 0.15) is 17.7 Å². The molecule has 2 aromatic rings. The number of aromatic nitrogens is 2. The fourth-order valence-corrected chi connectivity index (χ4v) is 3.14. The molecule has 0 saturated carbocycles. The van der Waals surface area contributed by atoms with E-state index in [0.29, 0.717) is 42.8 Å². The topological polar surface area (TPSA) is 76.6 Å². The fraction of sp³-hybridized carbons (Fsp3) is 0.450. The number of amides is 2. The van der Waals surface area contributed by atoms with Crippen molar-refractivity contribution in [2.45, 2.75) is 39.7 Å². The van der Waals surface area contributed by atoms with Crippen LogP contribution in [0.2, 0.25) is 0 Å². The summed E-state index contributed by atoms with van der Waals surface area (Å²) < 4.78 is 11.5. The third-order valence-corrected chi connectivity index (χ3v) is 4.39. The molecule has 1 aromatic carbocycles. The minimum atomic E-state index is -0.116. The molecule has 0 aliphatic carbocycles. The Morgan fingerprint density at radius 1 is 1.22 bits per heavy atom. The van der Waals surface area contributed by atoms with Crippen molar-refractivity contribution in [3.05, 3.63) is 41.9 Å². The van der Waals surface area contributed by atoms with E-state index in [-0.39, 0.29) is 12.1 Å². The van der Waals surface area contributed by atoms with Gasteiger partial charge in [0.15, 0.2) is 0 Å². The quantitative estimate of drug-likeness (QED) is 0.871. The second-order valence-corrected chi connectivity index (χ2v) is 6.56. The lowest BCUT2D eigenvalue weighted by atomic mass is 10.1. The molecule has 1 aliphatic rings. The monoisotopic (exact) mass is 370 g/mol. The first-order chi connectivity index (χ1) is 13.0. The van der Waals surface area contributed by atoms with Crippen LogP contribution in [0.15, 0.2) is 30.3 Å². The van der Waals surface area contributed by atoms with Crippen LogP contribution in [0.5, 0.6) is 11.6 Å². The van der Waals surface area contributed by atoms with E-state index in [0.717, 1.165) is 18.5 Å². The van der Waals surface area contributed by atoms with E-state index in [1.54, 1.807) is 4.90 Å². The normalized spacial score (nSPS) is 14.7. The minimum Gasteiger partial charge on any atom is -0.492 e. The molecule has 1 N–H and O–H groups in total. The molecule has 0 atom stereocenters. The molecular weight excluding hydrogens is 344 g/mol. The predicted octanol–water partition coefficient (Wildman–Crippen LogP) is 3.57. The standard InChI is InChI=1S/C20H26N4O3/c1-4-26-18-8-6-5-7-17(18)23-20(25)24-11-9-16(10-12-24)27-19-13-14(2)21-15(3)22-19/h5-8,13,16H,4,9-12H2,1-3H3,(H,23,25). The van der Waals surface area contributed by atoms with Gasteiger partial charge in [-0.05, 0) is 32.9 Å². The SMILES string of the molecule is CCOc1ccccc1NC(=O)N1CCC(Oc2cc(C)nc(C)n2)CC1. The van der Waals surface area contributed by atoms with Crippen LogP contribution in [-0.4, -0.2) is 46.7 Å². The number of aryl methyl sites for hydroxylation is 2. The molecular formula is C20H26N4O3. The number of hydrogen-bond donors (Lipinski definition) is 1. The van der Waals surface area contributed by atoms with Crippen molar-refractivity contribution in [2.75, 3.05) is 25.0 Å². The number of likely N-dealkylation sites (tertiary alicyclic amines) is 1.